The second-order valence-corrected chi connectivity index (χ2v) is 7.50. The average molecular weight is 431 g/mol. The molecule has 0 bridgehead atoms. The fourth-order valence-electron chi connectivity index (χ4n) is 3.41. The van der Waals surface area contributed by atoms with Crippen molar-refractivity contribution >= 4 is 17.2 Å². The molecular weight excluding hydrogens is 406 g/mol. The molecular formula is C25H25N3O4. The van der Waals surface area contributed by atoms with Gasteiger partial charge in [0.1, 0.15) is 12.1 Å². The number of nitrogens with one attached hydrogen (secondary N) is 1. The molecule has 1 aromatic heterocycles. The summed E-state index contributed by atoms with van der Waals surface area (Å²) in [5.41, 5.74) is 9.68. The van der Waals surface area contributed by atoms with Crippen LogP contribution in [0, 0.1) is 0 Å². The summed E-state index contributed by atoms with van der Waals surface area (Å²) in [6.07, 6.45) is -1.45. The van der Waals surface area contributed by atoms with Crippen LogP contribution in [0.5, 0.6) is 0 Å². The van der Waals surface area contributed by atoms with Crippen LogP contribution < -0.4 is 11.1 Å². The lowest BCUT2D eigenvalue weighted by molar-refractivity contribution is 0.0862. The molecule has 1 unspecified atom stereocenters. The quantitative estimate of drug-likeness (QED) is 0.391. The molecule has 4 N–H and O–H groups in total. The predicted octanol–water partition coefficient (Wildman–Crippen LogP) is 3.86. The number of ether oxygens (including phenoxy) is 1. The summed E-state index contributed by atoms with van der Waals surface area (Å²) < 4.78 is 11.1. The van der Waals surface area contributed by atoms with Gasteiger partial charge < -0.3 is 25.3 Å². The van der Waals surface area contributed by atoms with Crippen LogP contribution in [0.25, 0.3) is 11.1 Å². The fourth-order valence-corrected chi connectivity index (χ4v) is 3.41. The van der Waals surface area contributed by atoms with Crippen LogP contribution in [0.1, 0.15) is 28.7 Å². The van der Waals surface area contributed by atoms with Crippen molar-refractivity contribution in [1.82, 2.24) is 10.3 Å². The van der Waals surface area contributed by atoms with E-state index in [1.165, 1.54) is 0 Å². The molecule has 0 fully saturated rings. The number of carbonyl (C=O) groups is 1. The standard InChI is InChI=1S/C25H25N3O4/c26-15-18-12-10-17(11-13-18)14-21(28-25(30)31-16-19-6-2-1-3-7-19)23(29)24-27-20-8-4-5-9-22(20)32-24/h1-13,21,23,29H,14-16,26H2,(H,28,30)/t21-,23?/m0/s1. The summed E-state index contributed by atoms with van der Waals surface area (Å²) in [6.45, 7) is 0.572. The number of benzene rings is 3. The normalized spacial score (nSPS) is 12.9. The van der Waals surface area contributed by atoms with Gasteiger partial charge in [0.2, 0.25) is 5.89 Å². The highest BCUT2D eigenvalue weighted by Crippen LogP contribution is 2.24. The Balaban J connectivity index is 1.51. The third-order valence-electron chi connectivity index (χ3n) is 5.17. The second kappa shape index (κ2) is 10.1. The van der Waals surface area contributed by atoms with Gasteiger partial charge in [-0.25, -0.2) is 9.78 Å². The van der Waals surface area contributed by atoms with Gasteiger partial charge in [-0.2, -0.15) is 0 Å². The van der Waals surface area contributed by atoms with Gasteiger partial charge in [-0.3, -0.25) is 0 Å². The van der Waals surface area contributed by atoms with Gasteiger partial charge in [0.05, 0.1) is 6.04 Å². The molecule has 164 valence electrons. The molecule has 1 heterocycles. The zero-order valence-electron chi connectivity index (χ0n) is 17.5. The Morgan fingerprint density at radius 2 is 1.66 bits per heavy atom. The molecule has 0 saturated heterocycles. The number of aromatic nitrogens is 1. The van der Waals surface area contributed by atoms with Crippen molar-refractivity contribution < 1.29 is 19.1 Å². The molecule has 2 atom stereocenters. The van der Waals surface area contributed by atoms with Crippen LogP contribution in [0.2, 0.25) is 0 Å². The highest BCUT2D eigenvalue weighted by molar-refractivity contribution is 5.72. The van der Waals surface area contributed by atoms with E-state index in [1.54, 1.807) is 12.1 Å². The molecule has 0 saturated carbocycles. The van der Waals surface area contributed by atoms with Crippen molar-refractivity contribution in [3.63, 3.8) is 0 Å². The molecule has 3 aromatic carbocycles. The Labute approximate surface area is 185 Å². The Morgan fingerprint density at radius 1 is 0.969 bits per heavy atom. The number of amides is 1. The molecule has 32 heavy (non-hydrogen) atoms. The van der Waals surface area contributed by atoms with E-state index >= 15 is 0 Å². The van der Waals surface area contributed by atoms with Crippen LogP contribution in [0.15, 0.2) is 83.3 Å². The fraction of sp³-hybridized carbons (Fsp3) is 0.200. The monoisotopic (exact) mass is 431 g/mol. The van der Waals surface area contributed by atoms with Gasteiger partial charge in [0, 0.05) is 6.54 Å². The Hall–Kier alpha value is -3.68. The van der Waals surface area contributed by atoms with Crippen LogP contribution in [0.4, 0.5) is 4.79 Å². The maximum absolute atomic E-state index is 12.5. The summed E-state index contributed by atoms with van der Waals surface area (Å²) in [6, 6.07) is 23.6. The lowest BCUT2D eigenvalue weighted by Gasteiger charge is -2.22. The molecule has 0 spiro atoms. The summed E-state index contributed by atoms with van der Waals surface area (Å²) in [7, 11) is 0. The van der Waals surface area contributed by atoms with Crippen LogP contribution >= 0.6 is 0 Å². The van der Waals surface area contributed by atoms with Gasteiger partial charge in [-0.15, -0.1) is 0 Å². The largest absolute Gasteiger partial charge is 0.445 e. The maximum atomic E-state index is 12.5. The van der Waals surface area contributed by atoms with Gasteiger partial charge in [-0.1, -0.05) is 66.7 Å². The summed E-state index contributed by atoms with van der Waals surface area (Å²) in [5, 5.41) is 13.8. The first-order valence-electron chi connectivity index (χ1n) is 10.4. The van der Waals surface area contributed by atoms with Crippen molar-refractivity contribution in [2.24, 2.45) is 5.73 Å². The zero-order valence-corrected chi connectivity index (χ0v) is 17.5. The van der Waals surface area contributed by atoms with Gasteiger partial charge in [-0.05, 0) is 35.2 Å². The molecule has 0 aliphatic rings. The van der Waals surface area contributed by atoms with Gasteiger partial charge in [0.25, 0.3) is 0 Å². The number of para-hydroxylation sites is 2. The van der Waals surface area contributed by atoms with E-state index in [4.69, 9.17) is 14.9 Å². The average Bonchev–Trinajstić information content (AvgIpc) is 3.27. The first kappa shape index (κ1) is 21.5. The number of aliphatic hydroxyl groups is 1. The molecule has 0 aliphatic heterocycles. The number of nitrogens with zero attached hydrogens (tertiary/aromatic N) is 1. The lowest BCUT2D eigenvalue weighted by atomic mass is 10.00. The van der Waals surface area contributed by atoms with E-state index in [1.807, 2.05) is 66.7 Å². The van der Waals surface area contributed by atoms with Crippen LogP contribution in [-0.4, -0.2) is 22.2 Å². The molecule has 4 rings (SSSR count). The number of hydrogen-bond donors (Lipinski definition) is 3. The van der Waals surface area contributed by atoms with Gasteiger partial charge >= 0.3 is 6.09 Å². The van der Waals surface area contributed by atoms with E-state index in [0.717, 1.165) is 16.7 Å². The second-order valence-electron chi connectivity index (χ2n) is 7.50. The molecule has 4 aromatic rings. The van der Waals surface area contributed by atoms with E-state index in [2.05, 4.69) is 10.3 Å². The smallest absolute Gasteiger partial charge is 0.407 e. The third-order valence-corrected chi connectivity index (χ3v) is 5.17. The molecule has 0 aliphatic carbocycles. The minimum absolute atomic E-state index is 0.129. The summed E-state index contributed by atoms with van der Waals surface area (Å²) in [5.74, 6) is 0.137. The van der Waals surface area contributed by atoms with Crippen molar-refractivity contribution in [1.29, 1.82) is 0 Å². The van der Waals surface area contributed by atoms with Gasteiger partial charge in [0.15, 0.2) is 11.7 Å². The Morgan fingerprint density at radius 3 is 2.38 bits per heavy atom. The Kier molecular flexibility index (Phi) is 6.79. The number of oxazole rings is 1. The van der Waals surface area contributed by atoms with Crippen molar-refractivity contribution in [2.75, 3.05) is 0 Å². The SMILES string of the molecule is NCc1ccc(C[C@H](NC(=O)OCc2ccccc2)C(O)c2nc3ccccc3o2)cc1. The highest BCUT2D eigenvalue weighted by Gasteiger charge is 2.28. The van der Waals surface area contributed by atoms with Crippen LogP contribution in [-0.2, 0) is 24.3 Å². The number of rotatable bonds is 8. The number of nitrogens with two attached hydrogens (primary N) is 1. The summed E-state index contributed by atoms with van der Waals surface area (Å²) >= 11 is 0. The van der Waals surface area contributed by atoms with Crippen molar-refractivity contribution in [2.45, 2.75) is 31.7 Å². The minimum atomic E-state index is -1.17. The van der Waals surface area contributed by atoms with Crippen molar-refractivity contribution in [3.8, 4) is 0 Å². The highest BCUT2D eigenvalue weighted by atomic mass is 16.5. The molecule has 7 nitrogen and oxygen atoms in total. The van der Waals surface area contributed by atoms with E-state index < -0.39 is 18.2 Å². The molecule has 1 amide bonds. The lowest BCUT2D eigenvalue weighted by Crippen LogP contribution is -2.41. The Bertz CT molecular complexity index is 1130. The van der Waals surface area contributed by atoms with E-state index in [9.17, 15) is 9.90 Å². The number of hydrogen-bond acceptors (Lipinski definition) is 6. The topological polar surface area (TPSA) is 111 Å². The molecule has 0 radical (unpaired) electrons. The zero-order chi connectivity index (χ0) is 22.3. The van der Waals surface area contributed by atoms with Crippen molar-refractivity contribution in [3.05, 3.63) is 101 Å². The first-order valence-corrected chi connectivity index (χ1v) is 10.4. The number of alkyl carbamates (subject to hydrolysis) is 1. The number of carbonyl (C=O) groups excluding carboxylic acids is 1. The number of fused-ring (bicyclic) bond motifs is 1. The van der Waals surface area contributed by atoms with E-state index in [0.29, 0.717) is 24.1 Å². The number of aliphatic hydroxyl groups excluding tert-OH is 1. The van der Waals surface area contributed by atoms with Crippen LogP contribution in [0.3, 0.4) is 0 Å². The molecule has 7 heteroatoms. The maximum Gasteiger partial charge on any atom is 0.407 e. The third kappa shape index (κ3) is 5.32. The first-order chi connectivity index (χ1) is 15.6. The predicted molar refractivity (Wildman–Crippen MR) is 121 cm³/mol. The summed E-state index contributed by atoms with van der Waals surface area (Å²) in [4.78, 5) is 16.9. The minimum Gasteiger partial charge on any atom is -0.445 e. The van der Waals surface area contributed by atoms with E-state index in [-0.39, 0.29) is 12.5 Å².